The van der Waals surface area contributed by atoms with E-state index in [0.717, 1.165) is 6.54 Å². The van der Waals surface area contributed by atoms with Crippen molar-refractivity contribution in [2.75, 3.05) is 34.9 Å². The molecule has 2 atom stereocenters. The Morgan fingerprint density at radius 1 is 1.06 bits per heavy atom. The first-order valence-electron chi connectivity index (χ1n) is 5.88. The standard InChI is InChI=1S/C12H28N2O2/c1-9(2)11(8-14(4)5)13-10(3)12(15-6)16-7/h9-13H,8H2,1-7H3. The minimum atomic E-state index is -0.191. The Morgan fingerprint density at radius 3 is 1.88 bits per heavy atom. The molecule has 16 heavy (non-hydrogen) atoms. The van der Waals surface area contributed by atoms with Gasteiger partial charge in [0, 0.05) is 26.8 Å². The Morgan fingerprint density at radius 2 is 1.56 bits per heavy atom. The van der Waals surface area contributed by atoms with Crippen LogP contribution in [0.5, 0.6) is 0 Å². The van der Waals surface area contributed by atoms with E-state index in [1.54, 1.807) is 14.2 Å². The summed E-state index contributed by atoms with van der Waals surface area (Å²) in [5, 5.41) is 3.56. The second-order valence-electron chi connectivity index (χ2n) is 4.91. The molecule has 0 bridgehead atoms. The molecule has 0 fully saturated rings. The summed E-state index contributed by atoms with van der Waals surface area (Å²) in [5.41, 5.74) is 0. The van der Waals surface area contributed by atoms with Crippen LogP contribution >= 0.6 is 0 Å². The highest BCUT2D eigenvalue weighted by Crippen LogP contribution is 2.07. The molecule has 0 saturated heterocycles. The van der Waals surface area contributed by atoms with Crippen molar-refractivity contribution in [2.45, 2.75) is 39.1 Å². The van der Waals surface area contributed by atoms with Crippen LogP contribution in [-0.2, 0) is 9.47 Å². The van der Waals surface area contributed by atoms with Gasteiger partial charge in [0.25, 0.3) is 0 Å². The van der Waals surface area contributed by atoms with Crippen LogP contribution in [0.2, 0.25) is 0 Å². The number of methoxy groups -OCH3 is 2. The molecule has 4 nitrogen and oxygen atoms in total. The van der Waals surface area contributed by atoms with Gasteiger partial charge in [-0.1, -0.05) is 13.8 Å². The molecule has 0 saturated carbocycles. The van der Waals surface area contributed by atoms with Gasteiger partial charge in [-0.3, -0.25) is 0 Å². The van der Waals surface area contributed by atoms with Crippen LogP contribution < -0.4 is 5.32 Å². The Kier molecular flexibility index (Phi) is 7.93. The maximum Gasteiger partial charge on any atom is 0.171 e. The first kappa shape index (κ1) is 15.8. The molecule has 0 aromatic carbocycles. The lowest BCUT2D eigenvalue weighted by atomic mass is 10.0. The van der Waals surface area contributed by atoms with E-state index in [1.807, 2.05) is 0 Å². The van der Waals surface area contributed by atoms with Gasteiger partial charge in [0.1, 0.15) is 0 Å². The fourth-order valence-corrected chi connectivity index (χ4v) is 1.77. The zero-order valence-corrected chi connectivity index (χ0v) is 11.8. The van der Waals surface area contributed by atoms with E-state index >= 15 is 0 Å². The van der Waals surface area contributed by atoms with E-state index < -0.39 is 0 Å². The van der Waals surface area contributed by atoms with Crippen LogP contribution in [0.25, 0.3) is 0 Å². The van der Waals surface area contributed by atoms with Gasteiger partial charge in [0.15, 0.2) is 6.29 Å². The summed E-state index contributed by atoms with van der Waals surface area (Å²) in [7, 11) is 7.52. The lowest BCUT2D eigenvalue weighted by Gasteiger charge is -2.31. The highest BCUT2D eigenvalue weighted by atomic mass is 16.7. The van der Waals surface area contributed by atoms with Crippen molar-refractivity contribution < 1.29 is 9.47 Å². The Hall–Kier alpha value is -0.160. The summed E-state index contributed by atoms with van der Waals surface area (Å²) in [4.78, 5) is 2.19. The van der Waals surface area contributed by atoms with Gasteiger partial charge < -0.3 is 19.7 Å². The number of likely N-dealkylation sites (N-methyl/N-ethyl adjacent to an activating group) is 1. The van der Waals surface area contributed by atoms with Crippen molar-refractivity contribution in [3.63, 3.8) is 0 Å². The third-order valence-corrected chi connectivity index (χ3v) is 2.72. The zero-order chi connectivity index (χ0) is 12.7. The second-order valence-corrected chi connectivity index (χ2v) is 4.91. The van der Waals surface area contributed by atoms with Crippen molar-refractivity contribution in [1.29, 1.82) is 0 Å². The Balaban J connectivity index is 4.26. The van der Waals surface area contributed by atoms with Crippen LogP contribution in [0.1, 0.15) is 20.8 Å². The van der Waals surface area contributed by atoms with Gasteiger partial charge in [-0.05, 0) is 26.9 Å². The van der Waals surface area contributed by atoms with Gasteiger partial charge >= 0.3 is 0 Å². The number of nitrogens with one attached hydrogen (secondary N) is 1. The molecule has 0 aromatic heterocycles. The lowest BCUT2D eigenvalue weighted by Crippen LogP contribution is -2.50. The molecule has 0 aliphatic carbocycles. The summed E-state index contributed by atoms with van der Waals surface area (Å²) in [6.45, 7) is 7.55. The van der Waals surface area contributed by atoms with Crippen LogP contribution in [-0.4, -0.2) is 58.1 Å². The zero-order valence-electron chi connectivity index (χ0n) is 11.8. The summed E-state index contributed by atoms with van der Waals surface area (Å²) >= 11 is 0. The molecule has 0 aliphatic heterocycles. The van der Waals surface area contributed by atoms with Crippen molar-refractivity contribution in [3.8, 4) is 0 Å². The first-order chi connectivity index (χ1) is 7.42. The molecule has 0 amide bonds. The summed E-state index contributed by atoms with van der Waals surface area (Å²) in [6.07, 6.45) is -0.191. The maximum atomic E-state index is 5.25. The molecular formula is C12H28N2O2. The Labute approximate surface area is 100 Å². The van der Waals surface area contributed by atoms with E-state index in [4.69, 9.17) is 9.47 Å². The first-order valence-corrected chi connectivity index (χ1v) is 5.88. The van der Waals surface area contributed by atoms with Crippen molar-refractivity contribution >= 4 is 0 Å². The van der Waals surface area contributed by atoms with Crippen molar-refractivity contribution in [1.82, 2.24) is 10.2 Å². The molecule has 0 aliphatic rings. The third kappa shape index (κ3) is 5.80. The molecule has 1 N–H and O–H groups in total. The van der Waals surface area contributed by atoms with Crippen molar-refractivity contribution in [2.24, 2.45) is 5.92 Å². The SMILES string of the molecule is COC(OC)C(C)NC(CN(C)C)C(C)C. The molecule has 0 spiro atoms. The predicted molar refractivity (Wildman–Crippen MR) is 67.6 cm³/mol. The van der Waals surface area contributed by atoms with Gasteiger partial charge in [-0.15, -0.1) is 0 Å². The monoisotopic (exact) mass is 232 g/mol. The number of nitrogens with zero attached hydrogens (tertiary/aromatic N) is 1. The highest BCUT2D eigenvalue weighted by molar-refractivity contribution is 4.78. The topological polar surface area (TPSA) is 33.7 Å². The average Bonchev–Trinajstić information content (AvgIpc) is 2.17. The second kappa shape index (κ2) is 8.01. The molecule has 4 heteroatoms. The molecule has 2 unspecified atom stereocenters. The largest absolute Gasteiger partial charge is 0.354 e. The van der Waals surface area contributed by atoms with Gasteiger partial charge in [-0.2, -0.15) is 0 Å². The smallest absolute Gasteiger partial charge is 0.171 e. The summed E-state index contributed by atoms with van der Waals surface area (Å²) < 4.78 is 10.5. The van der Waals surface area contributed by atoms with Crippen molar-refractivity contribution in [3.05, 3.63) is 0 Å². The number of rotatable bonds is 8. The molecular weight excluding hydrogens is 204 g/mol. The molecule has 98 valence electrons. The fourth-order valence-electron chi connectivity index (χ4n) is 1.77. The molecule has 0 rings (SSSR count). The number of hydrogen-bond donors (Lipinski definition) is 1. The van der Waals surface area contributed by atoms with E-state index in [0.29, 0.717) is 12.0 Å². The van der Waals surface area contributed by atoms with Crippen LogP contribution in [0.4, 0.5) is 0 Å². The Bertz CT molecular complexity index is 170. The van der Waals surface area contributed by atoms with E-state index in [1.165, 1.54) is 0 Å². The van der Waals surface area contributed by atoms with Gasteiger partial charge in [-0.25, -0.2) is 0 Å². The molecule has 0 radical (unpaired) electrons. The van der Waals surface area contributed by atoms with E-state index in [9.17, 15) is 0 Å². The van der Waals surface area contributed by atoms with Gasteiger partial charge in [0.05, 0.1) is 6.04 Å². The van der Waals surface area contributed by atoms with E-state index in [2.05, 4.69) is 45.1 Å². The maximum absolute atomic E-state index is 5.25. The summed E-state index contributed by atoms with van der Waals surface area (Å²) in [6, 6.07) is 0.625. The minimum absolute atomic E-state index is 0.183. The van der Waals surface area contributed by atoms with Gasteiger partial charge in [0.2, 0.25) is 0 Å². The van der Waals surface area contributed by atoms with Crippen LogP contribution in [0, 0.1) is 5.92 Å². The molecule has 0 aromatic rings. The average molecular weight is 232 g/mol. The highest BCUT2D eigenvalue weighted by Gasteiger charge is 2.22. The minimum Gasteiger partial charge on any atom is -0.354 e. The summed E-state index contributed by atoms with van der Waals surface area (Å²) in [5.74, 6) is 0.583. The number of hydrogen-bond acceptors (Lipinski definition) is 4. The number of ether oxygens (including phenoxy) is 2. The fraction of sp³-hybridized carbons (Fsp3) is 1.00. The molecule has 0 heterocycles. The lowest BCUT2D eigenvalue weighted by molar-refractivity contribution is -0.121. The predicted octanol–water partition coefficient (Wildman–Crippen LogP) is 1.17. The quantitative estimate of drug-likeness (QED) is 0.637. The van der Waals surface area contributed by atoms with E-state index in [-0.39, 0.29) is 12.3 Å². The van der Waals surface area contributed by atoms with Crippen LogP contribution in [0.3, 0.4) is 0 Å². The van der Waals surface area contributed by atoms with Crippen LogP contribution in [0.15, 0.2) is 0 Å². The third-order valence-electron chi connectivity index (χ3n) is 2.72. The normalized spacial score (nSPS) is 16.1.